The summed E-state index contributed by atoms with van der Waals surface area (Å²) in [6, 6.07) is 14.1. The van der Waals surface area contributed by atoms with Crippen LogP contribution in [-0.4, -0.2) is 12.2 Å². The fraction of sp³-hybridized carbons (Fsp3) is 0.333. The monoisotopic (exact) mass is 285 g/mol. The van der Waals surface area contributed by atoms with Gasteiger partial charge in [0.05, 0.1) is 7.11 Å². The highest BCUT2D eigenvalue weighted by Gasteiger charge is 2.10. The van der Waals surface area contributed by atoms with Gasteiger partial charge in [-0.2, -0.15) is 0 Å². The summed E-state index contributed by atoms with van der Waals surface area (Å²) in [5.74, 6) is 0.925. The van der Waals surface area contributed by atoms with E-state index in [2.05, 4.69) is 36.5 Å². The van der Waals surface area contributed by atoms with Crippen LogP contribution < -0.4 is 10.1 Å². The number of hydrogen-bond donors (Lipinski definition) is 2. The maximum atomic E-state index is 10.0. The molecule has 0 radical (unpaired) electrons. The van der Waals surface area contributed by atoms with E-state index in [0.717, 1.165) is 18.5 Å². The third-order valence-electron chi connectivity index (χ3n) is 3.75. The molecule has 0 amide bonds. The van der Waals surface area contributed by atoms with Crippen molar-refractivity contribution in [3.8, 4) is 11.5 Å². The second-order valence-electron chi connectivity index (χ2n) is 5.20. The van der Waals surface area contributed by atoms with Crippen molar-refractivity contribution in [1.29, 1.82) is 0 Å². The number of nitrogens with one attached hydrogen (secondary N) is 1. The van der Waals surface area contributed by atoms with E-state index in [1.165, 1.54) is 11.1 Å². The Labute approximate surface area is 126 Å². The van der Waals surface area contributed by atoms with Crippen LogP contribution in [0, 0.1) is 0 Å². The Morgan fingerprint density at radius 1 is 1.10 bits per heavy atom. The molecule has 3 heteroatoms. The summed E-state index contributed by atoms with van der Waals surface area (Å²) in [7, 11) is 1.59. The summed E-state index contributed by atoms with van der Waals surface area (Å²) in [6.45, 7) is 4.97. The lowest BCUT2D eigenvalue weighted by molar-refractivity contribution is 0.404. The lowest BCUT2D eigenvalue weighted by Crippen LogP contribution is -2.18. The van der Waals surface area contributed by atoms with Crippen LogP contribution in [0.3, 0.4) is 0 Å². The van der Waals surface area contributed by atoms with Crippen LogP contribution in [0.25, 0.3) is 0 Å². The first-order chi connectivity index (χ1) is 10.1. The summed E-state index contributed by atoms with van der Waals surface area (Å²) >= 11 is 0. The van der Waals surface area contributed by atoms with Crippen LogP contribution in [0.5, 0.6) is 11.5 Å². The Hall–Kier alpha value is -2.00. The van der Waals surface area contributed by atoms with Crippen molar-refractivity contribution in [1.82, 2.24) is 5.32 Å². The molecular formula is C18H23NO2. The van der Waals surface area contributed by atoms with E-state index in [1.54, 1.807) is 13.2 Å². The quantitative estimate of drug-likeness (QED) is 0.848. The average molecular weight is 285 g/mol. The number of aryl methyl sites for hydroxylation is 1. The minimum absolute atomic E-state index is 0.0711. The molecule has 2 N–H and O–H groups in total. The minimum atomic E-state index is 0.0711. The molecule has 0 aliphatic rings. The minimum Gasteiger partial charge on any atom is -0.507 e. The topological polar surface area (TPSA) is 41.5 Å². The summed E-state index contributed by atoms with van der Waals surface area (Å²) < 4.78 is 5.10. The van der Waals surface area contributed by atoms with Gasteiger partial charge in [-0.05, 0) is 30.5 Å². The van der Waals surface area contributed by atoms with E-state index >= 15 is 0 Å². The molecule has 0 fully saturated rings. The molecule has 0 spiro atoms. The predicted molar refractivity (Wildman–Crippen MR) is 85.7 cm³/mol. The highest BCUT2D eigenvalue weighted by molar-refractivity contribution is 5.41. The smallest absolute Gasteiger partial charge is 0.124 e. The Bertz CT molecular complexity index is 578. The first-order valence-electron chi connectivity index (χ1n) is 7.32. The zero-order chi connectivity index (χ0) is 15.2. The second-order valence-corrected chi connectivity index (χ2v) is 5.20. The highest BCUT2D eigenvalue weighted by atomic mass is 16.5. The third kappa shape index (κ3) is 3.99. The first kappa shape index (κ1) is 15.4. The number of benzene rings is 2. The largest absolute Gasteiger partial charge is 0.507 e. The molecule has 0 saturated carbocycles. The van der Waals surface area contributed by atoms with Crippen molar-refractivity contribution in [2.45, 2.75) is 32.9 Å². The molecule has 2 aromatic rings. The van der Waals surface area contributed by atoms with E-state index < -0.39 is 0 Å². The van der Waals surface area contributed by atoms with Crippen molar-refractivity contribution in [3.05, 3.63) is 59.2 Å². The van der Waals surface area contributed by atoms with E-state index in [4.69, 9.17) is 4.74 Å². The van der Waals surface area contributed by atoms with Crippen molar-refractivity contribution >= 4 is 0 Å². The van der Waals surface area contributed by atoms with Gasteiger partial charge in [-0.1, -0.05) is 37.3 Å². The van der Waals surface area contributed by atoms with Gasteiger partial charge in [0.25, 0.3) is 0 Å². The van der Waals surface area contributed by atoms with Crippen LogP contribution >= 0.6 is 0 Å². The van der Waals surface area contributed by atoms with Crippen molar-refractivity contribution in [3.63, 3.8) is 0 Å². The summed E-state index contributed by atoms with van der Waals surface area (Å²) in [5.41, 5.74) is 3.47. The number of rotatable bonds is 6. The Kier molecular flexibility index (Phi) is 5.23. The summed E-state index contributed by atoms with van der Waals surface area (Å²) in [6.07, 6.45) is 1.06. The number of ether oxygens (including phenoxy) is 1. The molecule has 1 atom stereocenters. The van der Waals surface area contributed by atoms with Gasteiger partial charge in [0.15, 0.2) is 0 Å². The fourth-order valence-corrected chi connectivity index (χ4v) is 2.29. The van der Waals surface area contributed by atoms with Gasteiger partial charge < -0.3 is 15.2 Å². The summed E-state index contributed by atoms with van der Waals surface area (Å²) in [5, 5.41) is 13.5. The average Bonchev–Trinajstić information content (AvgIpc) is 2.52. The maximum absolute atomic E-state index is 10.0. The molecular weight excluding hydrogens is 262 g/mol. The summed E-state index contributed by atoms with van der Waals surface area (Å²) in [4.78, 5) is 0. The Morgan fingerprint density at radius 2 is 1.76 bits per heavy atom. The highest BCUT2D eigenvalue weighted by Crippen LogP contribution is 2.28. The fourth-order valence-electron chi connectivity index (χ4n) is 2.29. The van der Waals surface area contributed by atoms with E-state index in [9.17, 15) is 5.11 Å². The first-order valence-corrected chi connectivity index (χ1v) is 7.32. The van der Waals surface area contributed by atoms with Crippen LogP contribution in [0.15, 0.2) is 42.5 Å². The molecule has 0 heterocycles. The van der Waals surface area contributed by atoms with Crippen LogP contribution in [0.1, 0.15) is 36.6 Å². The van der Waals surface area contributed by atoms with E-state index in [0.29, 0.717) is 5.75 Å². The second kappa shape index (κ2) is 7.14. The number of hydrogen-bond acceptors (Lipinski definition) is 3. The standard InChI is InChI=1S/C18H23NO2/c1-4-14-5-7-15(8-6-14)12-19-13(2)17-10-9-16(21-3)11-18(17)20/h5-11,13,19-20H,4,12H2,1-3H3. The third-order valence-corrected chi connectivity index (χ3v) is 3.75. The molecule has 0 aliphatic carbocycles. The van der Waals surface area contributed by atoms with Crippen LogP contribution in [0.4, 0.5) is 0 Å². The van der Waals surface area contributed by atoms with Gasteiger partial charge >= 0.3 is 0 Å². The molecule has 21 heavy (non-hydrogen) atoms. The predicted octanol–water partition coefficient (Wildman–Crippen LogP) is 3.81. The van der Waals surface area contributed by atoms with Gasteiger partial charge in [-0.3, -0.25) is 0 Å². The lowest BCUT2D eigenvalue weighted by Gasteiger charge is -2.16. The van der Waals surface area contributed by atoms with Gasteiger partial charge in [0.1, 0.15) is 11.5 Å². The van der Waals surface area contributed by atoms with Gasteiger partial charge in [0.2, 0.25) is 0 Å². The van der Waals surface area contributed by atoms with E-state index in [-0.39, 0.29) is 11.8 Å². The SMILES string of the molecule is CCc1ccc(CNC(C)c2ccc(OC)cc2O)cc1. The lowest BCUT2D eigenvalue weighted by atomic mass is 10.1. The molecule has 0 aromatic heterocycles. The van der Waals surface area contributed by atoms with Crippen LogP contribution in [0.2, 0.25) is 0 Å². The zero-order valence-corrected chi connectivity index (χ0v) is 12.9. The normalized spacial score (nSPS) is 12.1. The molecule has 112 valence electrons. The number of phenolic OH excluding ortho intramolecular Hbond substituents is 1. The van der Waals surface area contributed by atoms with Gasteiger partial charge in [0, 0.05) is 24.2 Å². The van der Waals surface area contributed by atoms with E-state index in [1.807, 2.05) is 19.1 Å². The van der Waals surface area contributed by atoms with Crippen LogP contribution in [-0.2, 0) is 13.0 Å². The Balaban J connectivity index is 1.99. The molecule has 1 unspecified atom stereocenters. The Morgan fingerprint density at radius 3 is 2.33 bits per heavy atom. The molecule has 0 bridgehead atoms. The molecule has 2 aromatic carbocycles. The van der Waals surface area contributed by atoms with Gasteiger partial charge in [-0.15, -0.1) is 0 Å². The van der Waals surface area contributed by atoms with Crippen molar-refractivity contribution in [2.24, 2.45) is 0 Å². The van der Waals surface area contributed by atoms with Crippen molar-refractivity contribution < 1.29 is 9.84 Å². The number of phenols is 1. The van der Waals surface area contributed by atoms with Crippen molar-refractivity contribution in [2.75, 3.05) is 7.11 Å². The number of aromatic hydroxyl groups is 1. The number of methoxy groups -OCH3 is 1. The molecule has 2 rings (SSSR count). The van der Waals surface area contributed by atoms with Gasteiger partial charge in [-0.25, -0.2) is 0 Å². The maximum Gasteiger partial charge on any atom is 0.124 e. The molecule has 3 nitrogen and oxygen atoms in total. The zero-order valence-electron chi connectivity index (χ0n) is 12.9. The molecule has 0 aliphatic heterocycles. The molecule has 0 saturated heterocycles.